The molecule has 0 bridgehead atoms. The molecule has 0 aliphatic heterocycles. The van der Waals surface area contributed by atoms with Crippen molar-refractivity contribution in [3.05, 3.63) is 0 Å². The highest BCUT2D eigenvalue weighted by atomic mass is 16.6. The van der Waals surface area contributed by atoms with Crippen LogP contribution in [0.4, 0.5) is 4.79 Å². The number of esters is 1. The van der Waals surface area contributed by atoms with E-state index >= 15 is 0 Å². The van der Waals surface area contributed by atoms with Crippen molar-refractivity contribution in [3.8, 4) is 0 Å². The van der Waals surface area contributed by atoms with Crippen molar-refractivity contribution in [2.24, 2.45) is 5.92 Å². The number of aliphatic hydroxyl groups excluding tert-OH is 1. The summed E-state index contributed by atoms with van der Waals surface area (Å²) in [7, 11) is 1.30. The first-order chi connectivity index (χ1) is 9.22. The first-order valence-electron chi connectivity index (χ1n) is 6.93. The normalized spacial score (nSPS) is 26.8. The van der Waals surface area contributed by atoms with Gasteiger partial charge in [0.25, 0.3) is 0 Å². The van der Waals surface area contributed by atoms with Gasteiger partial charge in [-0.3, -0.25) is 0 Å². The molecule has 1 amide bonds. The van der Waals surface area contributed by atoms with Crippen molar-refractivity contribution in [2.75, 3.05) is 13.7 Å². The monoisotopic (exact) mass is 287 g/mol. The van der Waals surface area contributed by atoms with Gasteiger partial charge in [0.05, 0.1) is 7.11 Å². The molecule has 116 valence electrons. The van der Waals surface area contributed by atoms with Gasteiger partial charge in [-0.05, 0) is 52.4 Å². The lowest BCUT2D eigenvalue weighted by Gasteiger charge is -2.38. The fourth-order valence-electron chi connectivity index (χ4n) is 2.43. The van der Waals surface area contributed by atoms with Crippen LogP contribution in [-0.2, 0) is 14.3 Å². The maximum absolute atomic E-state index is 12.0. The molecule has 6 heteroatoms. The predicted octanol–water partition coefficient (Wildman–Crippen LogP) is 1.61. The minimum atomic E-state index is -1.04. The van der Waals surface area contributed by atoms with Gasteiger partial charge >= 0.3 is 12.1 Å². The van der Waals surface area contributed by atoms with Crippen LogP contribution in [-0.4, -0.2) is 42.0 Å². The third kappa shape index (κ3) is 4.37. The maximum Gasteiger partial charge on any atom is 0.408 e. The number of carbonyl (C=O) groups is 2. The van der Waals surface area contributed by atoms with Gasteiger partial charge in [-0.2, -0.15) is 0 Å². The number of methoxy groups -OCH3 is 1. The molecule has 1 rings (SSSR count). The smallest absolute Gasteiger partial charge is 0.408 e. The average molecular weight is 287 g/mol. The third-order valence-corrected chi connectivity index (χ3v) is 3.53. The number of alkyl carbamates (subject to hydrolysis) is 1. The van der Waals surface area contributed by atoms with Gasteiger partial charge in [0, 0.05) is 6.61 Å². The lowest BCUT2D eigenvalue weighted by atomic mass is 9.76. The van der Waals surface area contributed by atoms with Crippen LogP contribution in [0, 0.1) is 5.92 Å². The minimum Gasteiger partial charge on any atom is -0.467 e. The highest BCUT2D eigenvalue weighted by Gasteiger charge is 2.44. The molecule has 0 aromatic carbocycles. The first kappa shape index (κ1) is 16.8. The Balaban J connectivity index is 2.76. The van der Waals surface area contributed by atoms with E-state index in [4.69, 9.17) is 14.6 Å². The van der Waals surface area contributed by atoms with Gasteiger partial charge < -0.3 is 19.9 Å². The summed E-state index contributed by atoms with van der Waals surface area (Å²) in [5.74, 6) is -0.284. The van der Waals surface area contributed by atoms with E-state index in [1.54, 1.807) is 20.8 Å². The Morgan fingerprint density at radius 1 is 1.30 bits per heavy atom. The first-order valence-corrected chi connectivity index (χ1v) is 6.93. The Hall–Kier alpha value is -1.30. The molecule has 0 unspecified atom stereocenters. The number of rotatable bonds is 3. The average Bonchev–Trinajstić information content (AvgIpc) is 2.36. The van der Waals surface area contributed by atoms with Crippen LogP contribution in [0.25, 0.3) is 0 Å². The Morgan fingerprint density at radius 2 is 1.85 bits per heavy atom. The zero-order valence-electron chi connectivity index (χ0n) is 12.7. The quantitative estimate of drug-likeness (QED) is 0.770. The molecule has 0 saturated heterocycles. The van der Waals surface area contributed by atoms with E-state index < -0.39 is 23.2 Å². The lowest BCUT2D eigenvalue weighted by Crippen LogP contribution is -2.57. The minimum absolute atomic E-state index is 0.101. The molecule has 0 atom stereocenters. The molecule has 6 nitrogen and oxygen atoms in total. The van der Waals surface area contributed by atoms with Crippen LogP contribution < -0.4 is 5.32 Å². The van der Waals surface area contributed by atoms with Crippen molar-refractivity contribution >= 4 is 12.1 Å². The zero-order chi connectivity index (χ0) is 15.4. The predicted molar refractivity (Wildman–Crippen MR) is 73.2 cm³/mol. The summed E-state index contributed by atoms with van der Waals surface area (Å²) in [6.45, 7) is 5.39. The van der Waals surface area contributed by atoms with Gasteiger partial charge in [0.1, 0.15) is 11.1 Å². The molecule has 1 aliphatic rings. The summed E-state index contributed by atoms with van der Waals surface area (Å²) in [5.41, 5.74) is -1.66. The van der Waals surface area contributed by atoms with E-state index in [1.807, 2.05) is 0 Å². The van der Waals surface area contributed by atoms with Crippen LogP contribution in [0.15, 0.2) is 0 Å². The number of nitrogens with one attached hydrogen (secondary N) is 1. The van der Waals surface area contributed by atoms with Crippen molar-refractivity contribution in [1.29, 1.82) is 0 Å². The molecular weight excluding hydrogens is 262 g/mol. The fraction of sp³-hybridized carbons (Fsp3) is 0.857. The van der Waals surface area contributed by atoms with Crippen LogP contribution in [0.2, 0.25) is 0 Å². The van der Waals surface area contributed by atoms with Gasteiger partial charge in [-0.25, -0.2) is 9.59 Å². The van der Waals surface area contributed by atoms with E-state index in [0.717, 1.165) is 0 Å². The third-order valence-electron chi connectivity index (χ3n) is 3.53. The fourth-order valence-corrected chi connectivity index (χ4v) is 2.43. The van der Waals surface area contributed by atoms with Gasteiger partial charge in [-0.15, -0.1) is 0 Å². The van der Waals surface area contributed by atoms with Crippen LogP contribution in [0.1, 0.15) is 46.5 Å². The second-order valence-electron chi connectivity index (χ2n) is 6.33. The van der Waals surface area contributed by atoms with Gasteiger partial charge in [0.15, 0.2) is 0 Å². The van der Waals surface area contributed by atoms with Crippen LogP contribution in [0.5, 0.6) is 0 Å². The molecule has 1 fully saturated rings. The standard InChI is InChI=1S/C14H25NO5/c1-13(2,3)20-12(18)15-14(11(17)19-4)7-5-10(9-16)6-8-14/h10,16H,5-9H2,1-4H3,(H,15,18). The van der Waals surface area contributed by atoms with E-state index in [9.17, 15) is 9.59 Å². The van der Waals surface area contributed by atoms with Gasteiger partial charge in [0.2, 0.25) is 0 Å². The lowest BCUT2D eigenvalue weighted by molar-refractivity contribution is -0.150. The second kappa shape index (κ2) is 6.43. The molecule has 2 N–H and O–H groups in total. The van der Waals surface area contributed by atoms with Crippen LogP contribution >= 0.6 is 0 Å². The van der Waals surface area contributed by atoms with E-state index in [-0.39, 0.29) is 12.5 Å². The van der Waals surface area contributed by atoms with E-state index in [1.165, 1.54) is 7.11 Å². The van der Waals surface area contributed by atoms with Crippen molar-refractivity contribution in [3.63, 3.8) is 0 Å². The Labute approximate surface area is 119 Å². The number of carbonyl (C=O) groups excluding carboxylic acids is 2. The zero-order valence-corrected chi connectivity index (χ0v) is 12.7. The second-order valence-corrected chi connectivity index (χ2v) is 6.33. The van der Waals surface area contributed by atoms with Gasteiger partial charge in [-0.1, -0.05) is 0 Å². The summed E-state index contributed by atoms with van der Waals surface area (Å²) >= 11 is 0. The highest BCUT2D eigenvalue weighted by molar-refractivity contribution is 5.85. The highest BCUT2D eigenvalue weighted by Crippen LogP contribution is 2.33. The summed E-state index contributed by atoms with van der Waals surface area (Å²) in [6.07, 6.45) is 1.61. The summed E-state index contributed by atoms with van der Waals surface area (Å²) in [6, 6.07) is 0. The molecule has 0 spiro atoms. The SMILES string of the molecule is COC(=O)C1(NC(=O)OC(C)(C)C)CCC(CO)CC1. The maximum atomic E-state index is 12.0. The number of hydrogen-bond acceptors (Lipinski definition) is 5. The molecular formula is C14H25NO5. The molecule has 0 heterocycles. The molecule has 0 aromatic heterocycles. The number of hydrogen-bond donors (Lipinski definition) is 2. The number of aliphatic hydroxyl groups is 1. The van der Waals surface area contributed by atoms with Crippen molar-refractivity contribution < 1.29 is 24.2 Å². The molecule has 1 saturated carbocycles. The summed E-state index contributed by atoms with van der Waals surface area (Å²) in [5, 5.41) is 11.8. The Morgan fingerprint density at radius 3 is 2.25 bits per heavy atom. The van der Waals surface area contributed by atoms with E-state index in [2.05, 4.69) is 5.32 Å². The Bertz CT molecular complexity index is 353. The molecule has 0 radical (unpaired) electrons. The van der Waals surface area contributed by atoms with Crippen LogP contribution in [0.3, 0.4) is 0 Å². The summed E-state index contributed by atoms with van der Waals surface area (Å²) in [4.78, 5) is 23.9. The number of ether oxygens (including phenoxy) is 2. The van der Waals surface area contributed by atoms with Crippen molar-refractivity contribution in [2.45, 2.75) is 57.6 Å². The van der Waals surface area contributed by atoms with Crippen molar-refractivity contribution in [1.82, 2.24) is 5.32 Å². The topological polar surface area (TPSA) is 84.9 Å². The largest absolute Gasteiger partial charge is 0.467 e. The molecule has 20 heavy (non-hydrogen) atoms. The molecule has 0 aromatic rings. The van der Waals surface area contributed by atoms with E-state index in [0.29, 0.717) is 25.7 Å². The Kier molecular flexibility index (Phi) is 5.39. The number of amides is 1. The summed E-state index contributed by atoms with van der Waals surface area (Å²) < 4.78 is 10.0. The molecule has 1 aliphatic carbocycles.